The number of H-pyrrole nitrogens is 1. The number of para-hydroxylation sites is 2. The second kappa shape index (κ2) is 8.11. The first kappa shape index (κ1) is 18.6. The monoisotopic (exact) mass is 407 g/mol. The van der Waals surface area contributed by atoms with Gasteiger partial charge in [-0.25, -0.2) is 15.0 Å². The number of aromatic amines is 1. The Bertz CT molecular complexity index is 1260. The molecule has 4 heterocycles. The van der Waals surface area contributed by atoms with Gasteiger partial charge in [0.1, 0.15) is 17.3 Å². The molecule has 0 aliphatic rings. The van der Waals surface area contributed by atoms with Crippen molar-refractivity contribution in [2.75, 3.05) is 5.32 Å². The van der Waals surface area contributed by atoms with Crippen LogP contribution in [0.25, 0.3) is 33.8 Å². The van der Waals surface area contributed by atoms with Crippen molar-refractivity contribution >= 4 is 22.8 Å². The standard InChI is InChI=1S/C23H17N7O/c31-22(13-21-26-16-7-1-2-8-17(16)27-21)29-20-12-19(15-6-5-10-24-14-15)28-23(30-20)18-9-3-4-11-25-18/h1-12,14H,13H2,(H,26,27)(H,28,29,30,31). The van der Waals surface area contributed by atoms with Crippen molar-refractivity contribution in [1.82, 2.24) is 29.9 Å². The van der Waals surface area contributed by atoms with E-state index in [-0.39, 0.29) is 12.3 Å². The predicted octanol–water partition coefficient (Wildman–Crippen LogP) is 3.66. The van der Waals surface area contributed by atoms with Crippen LogP contribution in [0.1, 0.15) is 5.82 Å². The van der Waals surface area contributed by atoms with Crippen LogP contribution < -0.4 is 5.32 Å². The molecule has 1 amide bonds. The summed E-state index contributed by atoms with van der Waals surface area (Å²) in [5, 5.41) is 2.86. The van der Waals surface area contributed by atoms with E-state index in [9.17, 15) is 4.79 Å². The lowest BCUT2D eigenvalue weighted by Crippen LogP contribution is -2.16. The summed E-state index contributed by atoms with van der Waals surface area (Å²) in [5.74, 6) is 1.16. The fraction of sp³-hybridized carbons (Fsp3) is 0.0435. The number of carbonyl (C=O) groups excluding carboxylic acids is 1. The molecule has 1 aromatic carbocycles. The first-order chi connectivity index (χ1) is 15.2. The van der Waals surface area contributed by atoms with E-state index in [0.717, 1.165) is 16.6 Å². The first-order valence-electron chi connectivity index (χ1n) is 9.69. The topological polar surface area (TPSA) is 109 Å². The van der Waals surface area contributed by atoms with Crippen molar-refractivity contribution in [2.45, 2.75) is 6.42 Å². The van der Waals surface area contributed by atoms with Gasteiger partial charge in [0.05, 0.1) is 23.1 Å². The van der Waals surface area contributed by atoms with Crippen LogP contribution in [0.3, 0.4) is 0 Å². The molecular formula is C23H17N7O. The van der Waals surface area contributed by atoms with E-state index in [1.165, 1.54) is 0 Å². The number of carbonyl (C=O) groups is 1. The van der Waals surface area contributed by atoms with E-state index in [4.69, 9.17) is 0 Å². The number of nitrogens with zero attached hydrogens (tertiary/aromatic N) is 5. The highest BCUT2D eigenvalue weighted by atomic mass is 16.1. The SMILES string of the molecule is O=C(Cc1nc2ccccc2[nH]1)Nc1cc(-c2cccnc2)nc(-c2ccccn2)n1. The highest BCUT2D eigenvalue weighted by Crippen LogP contribution is 2.23. The van der Waals surface area contributed by atoms with Gasteiger partial charge >= 0.3 is 0 Å². The van der Waals surface area contributed by atoms with E-state index in [2.05, 4.69) is 35.2 Å². The largest absolute Gasteiger partial charge is 0.342 e. The van der Waals surface area contributed by atoms with Crippen LogP contribution in [0.2, 0.25) is 0 Å². The molecule has 0 atom stereocenters. The molecule has 0 aliphatic carbocycles. The number of hydrogen-bond acceptors (Lipinski definition) is 6. The molecule has 31 heavy (non-hydrogen) atoms. The van der Waals surface area contributed by atoms with Gasteiger partial charge < -0.3 is 10.3 Å². The van der Waals surface area contributed by atoms with Gasteiger partial charge in [-0.1, -0.05) is 18.2 Å². The molecular weight excluding hydrogens is 390 g/mol. The summed E-state index contributed by atoms with van der Waals surface area (Å²) in [6.45, 7) is 0. The summed E-state index contributed by atoms with van der Waals surface area (Å²) in [6, 6.07) is 18.6. The minimum Gasteiger partial charge on any atom is -0.342 e. The molecule has 0 radical (unpaired) electrons. The minimum atomic E-state index is -0.234. The van der Waals surface area contributed by atoms with Gasteiger partial charge in [-0.15, -0.1) is 0 Å². The Hall–Kier alpha value is -4.46. The number of fused-ring (bicyclic) bond motifs is 1. The highest BCUT2D eigenvalue weighted by molar-refractivity contribution is 5.92. The summed E-state index contributed by atoms with van der Waals surface area (Å²) < 4.78 is 0. The minimum absolute atomic E-state index is 0.0971. The van der Waals surface area contributed by atoms with Crippen LogP contribution in [0, 0.1) is 0 Å². The maximum Gasteiger partial charge on any atom is 0.233 e. The van der Waals surface area contributed by atoms with Gasteiger partial charge in [0.15, 0.2) is 5.82 Å². The van der Waals surface area contributed by atoms with Crippen LogP contribution >= 0.6 is 0 Å². The molecule has 8 nitrogen and oxygen atoms in total. The third kappa shape index (κ3) is 4.13. The normalized spacial score (nSPS) is 10.8. The molecule has 0 spiro atoms. The lowest BCUT2D eigenvalue weighted by molar-refractivity contribution is -0.115. The molecule has 0 unspecified atom stereocenters. The van der Waals surface area contributed by atoms with Crippen LogP contribution in [-0.4, -0.2) is 35.8 Å². The molecule has 150 valence electrons. The number of rotatable bonds is 5. The predicted molar refractivity (Wildman–Crippen MR) is 117 cm³/mol. The number of nitrogens with one attached hydrogen (secondary N) is 2. The first-order valence-corrected chi connectivity index (χ1v) is 9.69. The number of amides is 1. The summed E-state index contributed by atoms with van der Waals surface area (Å²) >= 11 is 0. The van der Waals surface area contributed by atoms with E-state index in [1.807, 2.05) is 54.6 Å². The summed E-state index contributed by atoms with van der Waals surface area (Å²) in [7, 11) is 0. The Morgan fingerprint density at radius 3 is 2.61 bits per heavy atom. The fourth-order valence-corrected chi connectivity index (χ4v) is 3.21. The van der Waals surface area contributed by atoms with Crippen molar-refractivity contribution in [3.05, 3.63) is 85.1 Å². The Morgan fingerprint density at radius 2 is 1.81 bits per heavy atom. The number of imidazole rings is 1. The maximum atomic E-state index is 12.7. The Morgan fingerprint density at radius 1 is 0.903 bits per heavy atom. The molecule has 4 aromatic heterocycles. The molecule has 0 bridgehead atoms. The smallest absolute Gasteiger partial charge is 0.233 e. The summed E-state index contributed by atoms with van der Waals surface area (Å²) in [4.78, 5) is 37.9. The third-order valence-corrected chi connectivity index (χ3v) is 4.61. The van der Waals surface area contributed by atoms with Gasteiger partial charge in [0.2, 0.25) is 5.91 Å². The summed E-state index contributed by atoms with van der Waals surface area (Å²) in [6.07, 6.45) is 5.18. The van der Waals surface area contributed by atoms with Crippen LogP contribution in [0.15, 0.2) is 79.3 Å². The third-order valence-electron chi connectivity index (χ3n) is 4.61. The van der Waals surface area contributed by atoms with Crippen molar-refractivity contribution < 1.29 is 4.79 Å². The Kier molecular flexibility index (Phi) is 4.86. The number of aromatic nitrogens is 6. The zero-order chi connectivity index (χ0) is 21.0. The zero-order valence-corrected chi connectivity index (χ0v) is 16.4. The number of hydrogen-bond donors (Lipinski definition) is 2. The molecule has 8 heteroatoms. The summed E-state index contributed by atoms with van der Waals surface area (Å²) in [5.41, 5.74) is 3.78. The van der Waals surface area contributed by atoms with E-state index in [1.54, 1.807) is 24.7 Å². The number of anilines is 1. The van der Waals surface area contributed by atoms with Crippen LogP contribution in [-0.2, 0) is 11.2 Å². The van der Waals surface area contributed by atoms with Crippen LogP contribution in [0.4, 0.5) is 5.82 Å². The lowest BCUT2D eigenvalue weighted by Gasteiger charge is -2.09. The zero-order valence-electron chi connectivity index (χ0n) is 16.4. The quantitative estimate of drug-likeness (QED) is 0.460. The van der Waals surface area contributed by atoms with Crippen molar-refractivity contribution in [2.24, 2.45) is 0 Å². The average molecular weight is 407 g/mol. The van der Waals surface area contributed by atoms with Crippen LogP contribution in [0.5, 0.6) is 0 Å². The lowest BCUT2D eigenvalue weighted by atomic mass is 10.2. The molecule has 0 aliphatic heterocycles. The maximum absolute atomic E-state index is 12.7. The van der Waals surface area contributed by atoms with E-state index in [0.29, 0.717) is 28.9 Å². The number of benzene rings is 1. The second-order valence-electron chi connectivity index (χ2n) is 6.84. The highest BCUT2D eigenvalue weighted by Gasteiger charge is 2.13. The second-order valence-corrected chi connectivity index (χ2v) is 6.84. The molecule has 0 saturated heterocycles. The van der Waals surface area contributed by atoms with Crippen molar-refractivity contribution in [1.29, 1.82) is 0 Å². The van der Waals surface area contributed by atoms with E-state index >= 15 is 0 Å². The molecule has 5 rings (SSSR count). The van der Waals surface area contributed by atoms with E-state index < -0.39 is 0 Å². The van der Waals surface area contributed by atoms with Gasteiger partial charge in [-0.2, -0.15) is 0 Å². The van der Waals surface area contributed by atoms with Gasteiger partial charge in [-0.3, -0.25) is 14.8 Å². The molecule has 0 saturated carbocycles. The van der Waals surface area contributed by atoms with Gasteiger partial charge in [0, 0.05) is 30.2 Å². The Labute approximate surface area is 177 Å². The molecule has 2 N–H and O–H groups in total. The van der Waals surface area contributed by atoms with Gasteiger partial charge in [-0.05, 0) is 36.4 Å². The average Bonchev–Trinajstić information content (AvgIpc) is 3.22. The number of pyridine rings is 2. The molecule has 5 aromatic rings. The fourth-order valence-electron chi connectivity index (χ4n) is 3.21. The molecule has 0 fully saturated rings. The Balaban J connectivity index is 1.45. The van der Waals surface area contributed by atoms with Crippen molar-refractivity contribution in [3.63, 3.8) is 0 Å². The van der Waals surface area contributed by atoms with Gasteiger partial charge in [0.25, 0.3) is 0 Å². The van der Waals surface area contributed by atoms with Crippen molar-refractivity contribution in [3.8, 4) is 22.8 Å².